The molecule has 0 aliphatic rings. The Hall–Kier alpha value is -1.63. The third-order valence-corrected chi connectivity index (χ3v) is 4.13. The minimum absolute atomic E-state index is 0.0680. The Morgan fingerprint density at radius 1 is 1.04 bits per heavy atom. The van der Waals surface area contributed by atoms with Crippen LogP contribution in [0, 0.1) is 20.2 Å². The van der Waals surface area contributed by atoms with Crippen LogP contribution >= 0.6 is 31.9 Å². The van der Waals surface area contributed by atoms with E-state index >= 15 is 0 Å². The van der Waals surface area contributed by atoms with Crippen LogP contribution in [-0.4, -0.2) is 67.8 Å². The van der Waals surface area contributed by atoms with E-state index in [-0.39, 0.29) is 19.6 Å². The fraction of sp³-hybridized carbons (Fsp3) is 0.500. The molecule has 0 saturated carbocycles. The molecule has 0 spiro atoms. The molecule has 0 unspecified atom stereocenters. The lowest BCUT2D eigenvalue weighted by Crippen LogP contribution is -2.49. The highest BCUT2D eigenvalue weighted by Crippen LogP contribution is 2.30. The van der Waals surface area contributed by atoms with Gasteiger partial charge in [-0.15, -0.1) is 0 Å². The van der Waals surface area contributed by atoms with E-state index in [0.29, 0.717) is 23.7 Å². The van der Waals surface area contributed by atoms with E-state index in [1.165, 1.54) is 11.1 Å². The second-order valence-electron chi connectivity index (χ2n) is 5.02. The van der Waals surface area contributed by atoms with Crippen molar-refractivity contribution in [1.82, 2.24) is 10.0 Å². The number of benzene rings is 1. The SMILES string of the molecule is O=C(c1c([N+](=O)[O-])cccc1[N+](=O)[O-])N(CCCO)N(CCBr)CCBr. The second kappa shape index (κ2) is 11.2. The van der Waals surface area contributed by atoms with Gasteiger partial charge < -0.3 is 5.11 Å². The van der Waals surface area contributed by atoms with E-state index in [0.717, 1.165) is 12.1 Å². The summed E-state index contributed by atoms with van der Waals surface area (Å²) in [6, 6.07) is 3.29. The average molecular weight is 498 g/mol. The summed E-state index contributed by atoms with van der Waals surface area (Å²) >= 11 is 6.55. The number of alkyl halides is 2. The van der Waals surface area contributed by atoms with E-state index in [1.807, 2.05) is 0 Å². The van der Waals surface area contributed by atoms with Gasteiger partial charge in [0.2, 0.25) is 0 Å². The number of carbonyl (C=O) groups excluding carboxylic acids is 1. The molecule has 1 N–H and O–H groups in total. The van der Waals surface area contributed by atoms with Crippen LogP contribution in [0.1, 0.15) is 16.8 Å². The van der Waals surface area contributed by atoms with Gasteiger partial charge in [0.25, 0.3) is 17.3 Å². The Morgan fingerprint density at radius 3 is 1.92 bits per heavy atom. The van der Waals surface area contributed by atoms with Crippen LogP contribution in [0.15, 0.2) is 18.2 Å². The molecule has 1 rings (SSSR count). The zero-order chi connectivity index (χ0) is 19.7. The third kappa shape index (κ3) is 5.69. The van der Waals surface area contributed by atoms with E-state index in [9.17, 15) is 25.0 Å². The highest BCUT2D eigenvalue weighted by molar-refractivity contribution is 9.09. The van der Waals surface area contributed by atoms with Crippen molar-refractivity contribution in [2.24, 2.45) is 0 Å². The molecule has 26 heavy (non-hydrogen) atoms. The number of halogens is 2. The summed E-state index contributed by atoms with van der Waals surface area (Å²) in [5.41, 5.74) is -1.83. The van der Waals surface area contributed by atoms with E-state index < -0.39 is 32.7 Å². The first-order valence-electron chi connectivity index (χ1n) is 7.60. The molecule has 12 heteroatoms. The van der Waals surface area contributed by atoms with Crippen molar-refractivity contribution in [3.8, 4) is 0 Å². The summed E-state index contributed by atoms with van der Waals surface area (Å²) in [6.07, 6.45) is 0.223. The molecule has 0 heterocycles. The maximum Gasteiger partial charge on any atom is 0.289 e. The molecule has 0 aromatic heterocycles. The summed E-state index contributed by atoms with van der Waals surface area (Å²) in [5, 5.41) is 35.6. The number of hydrazine groups is 1. The predicted octanol–water partition coefficient (Wildman–Crippen LogP) is 2.33. The van der Waals surface area contributed by atoms with Crippen LogP contribution < -0.4 is 0 Å². The zero-order valence-electron chi connectivity index (χ0n) is 13.7. The summed E-state index contributed by atoms with van der Waals surface area (Å²) in [5.74, 6) is -0.848. The quantitative estimate of drug-likeness (QED) is 0.282. The third-order valence-electron chi connectivity index (χ3n) is 3.42. The smallest absolute Gasteiger partial charge is 0.289 e. The van der Waals surface area contributed by atoms with Crippen molar-refractivity contribution in [2.45, 2.75) is 6.42 Å². The van der Waals surface area contributed by atoms with Crippen LogP contribution in [0.3, 0.4) is 0 Å². The number of hydrogen-bond acceptors (Lipinski definition) is 7. The van der Waals surface area contributed by atoms with Gasteiger partial charge in [-0.1, -0.05) is 31.9 Å². The standard InChI is InChI=1S/C14H18Br2N4O6/c15-5-8-17(9-6-16)18(7-2-10-21)14(22)13-11(19(23)24)3-1-4-12(13)20(25)26/h1,3-4,21H,2,5-10H2. The summed E-state index contributed by atoms with van der Waals surface area (Å²) in [6.45, 7) is 0.673. The highest BCUT2D eigenvalue weighted by atomic mass is 79.9. The van der Waals surface area contributed by atoms with Gasteiger partial charge in [-0.3, -0.25) is 30.0 Å². The molecule has 10 nitrogen and oxygen atoms in total. The lowest BCUT2D eigenvalue weighted by molar-refractivity contribution is -0.394. The van der Waals surface area contributed by atoms with Crippen molar-refractivity contribution >= 4 is 49.1 Å². The number of aliphatic hydroxyl groups is 1. The molecule has 1 aromatic rings. The van der Waals surface area contributed by atoms with Gasteiger partial charge in [0.15, 0.2) is 5.56 Å². The molecule has 0 aliphatic carbocycles. The topological polar surface area (TPSA) is 130 Å². The summed E-state index contributed by atoms with van der Waals surface area (Å²) in [4.78, 5) is 34.0. The molecule has 0 bridgehead atoms. The molecule has 0 saturated heterocycles. The van der Waals surface area contributed by atoms with Gasteiger partial charge in [-0.25, -0.2) is 5.01 Å². The Kier molecular flexibility index (Phi) is 9.62. The lowest BCUT2D eigenvalue weighted by atomic mass is 10.1. The largest absolute Gasteiger partial charge is 0.396 e. The fourth-order valence-electron chi connectivity index (χ4n) is 2.32. The molecule has 0 aliphatic heterocycles. The van der Waals surface area contributed by atoms with Gasteiger partial charge in [-0.05, 0) is 12.5 Å². The molecule has 1 aromatic carbocycles. The number of hydrogen-bond donors (Lipinski definition) is 1. The normalized spacial score (nSPS) is 10.8. The van der Waals surface area contributed by atoms with Gasteiger partial charge in [0.1, 0.15) is 0 Å². The minimum atomic E-state index is -0.848. The van der Waals surface area contributed by atoms with Crippen molar-refractivity contribution in [1.29, 1.82) is 0 Å². The summed E-state index contributed by atoms with van der Waals surface area (Å²) < 4.78 is 0. The zero-order valence-corrected chi connectivity index (χ0v) is 16.9. The first kappa shape index (κ1) is 22.4. The molecule has 1 amide bonds. The molecule has 0 radical (unpaired) electrons. The number of carbonyl (C=O) groups is 1. The number of amides is 1. The molecule has 144 valence electrons. The Bertz CT molecular complexity index is 622. The Morgan fingerprint density at radius 2 is 1.54 bits per heavy atom. The Balaban J connectivity index is 3.45. The van der Waals surface area contributed by atoms with Crippen LogP contribution in [0.2, 0.25) is 0 Å². The maximum absolute atomic E-state index is 13.1. The molecule has 0 fully saturated rings. The fourth-order valence-corrected chi connectivity index (χ4v) is 3.14. The van der Waals surface area contributed by atoms with Crippen LogP contribution in [0.4, 0.5) is 11.4 Å². The van der Waals surface area contributed by atoms with Crippen molar-refractivity contribution in [3.05, 3.63) is 44.0 Å². The van der Waals surface area contributed by atoms with Crippen LogP contribution in [0.25, 0.3) is 0 Å². The highest BCUT2D eigenvalue weighted by Gasteiger charge is 2.35. The predicted molar refractivity (Wildman–Crippen MR) is 102 cm³/mol. The second-order valence-corrected chi connectivity index (χ2v) is 6.61. The Labute approximate surface area is 166 Å². The molecule has 0 atom stereocenters. The van der Waals surface area contributed by atoms with E-state index in [4.69, 9.17) is 5.11 Å². The number of nitro groups is 2. The van der Waals surface area contributed by atoms with Crippen LogP contribution in [0.5, 0.6) is 0 Å². The first-order valence-corrected chi connectivity index (χ1v) is 9.84. The number of rotatable bonds is 11. The van der Waals surface area contributed by atoms with Gasteiger partial charge in [0, 0.05) is 49.0 Å². The van der Waals surface area contributed by atoms with Crippen LogP contribution in [-0.2, 0) is 0 Å². The van der Waals surface area contributed by atoms with Crippen molar-refractivity contribution in [2.75, 3.05) is 36.9 Å². The molecular weight excluding hydrogens is 480 g/mol. The van der Waals surface area contributed by atoms with Crippen molar-refractivity contribution in [3.63, 3.8) is 0 Å². The van der Waals surface area contributed by atoms with E-state index in [1.54, 1.807) is 5.01 Å². The average Bonchev–Trinajstić information content (AvgIpc) is 2.61. The van der Waals surface area contributed by atoms with Gasteiger partial charge in [0.05, 0.1) is 9.85 Å². The van der Waals surface area contributed by atoms with Gasteiger partial charge >= 0.3 is 0 Å². The minimum Gasteiger partial charge on any atom is -0.396 e. The number of aliphatic hydroxyl groups excluding tert-OH is 1. The first-order chi connectivity index (χ1) is 12.4. The van der Waals surface area contributed by atoms with Crippen molar-refractivity contribution < 1.29 is 19.7 Å². The van der Waals surface area contributed by atoms with E-state index in [2.05, 4.69) is 31.9 Å². The molecular formula is C14H18Br2N4O6. The lowest BCUT2D eigenvalue weighted by Gasteiger charge is -2.34. The maximum atomic E-state index is 13.1. The summed E-state index contributed by atoms with van der Waals surface area (Å²) in [7, 11) is 0. The monoisotopic (exact) mass is 496 g/mol. The van der Waals surface area contributed by atoms with Gasteiger partial charge in [-0.2, -0.15) is 0 Å². The number of nitro benzene ring substituents is 2. The number of nitrogens with zero attached hydrogens (tertiary/aromatic N) is 4.